The van der Waals surface area contributed by atoms with E-state index in [1.165, 1.54) is 0 Å². The Hall–Kier alpha value is -0.950. The van der Waals surface area contributed by atoms with Crippen molar-refractivity contribution >= 4 is 9.84 Å². The lowest BCUT2D eigenvalue weighted by Crippen LogP contribution is -2.30. The zero-order chi connectivity index (χ0) is 11.6. The third kappa shape index (κ3) is 2.59. The third-order valence-electron chi connectivity index (χ3n) is 2.79. The Morgan fingerprint density at radius 1 is 1.62 bits per heavy atom. The summed E-state index contributed by atoms with van der Waals surface area (Å²) in [6, 6.07) is 0. The van der Waals surface area contributed by atoms with E-state index in [2.05, 4.69) is 15.6 Å². The first kappa shape index (κ1) is 11.5. The average molecular weight is 244 g/mol. The molecular weight excluding hydrogens is 228 g/mol. The third-order valence-corrected chi connectivity index (χ3v) is 5.07. The number of aromatic nitrogens is 3. The van der Waals surface area contributed by atoms with Crippen molar-refractivity contribution in [3.05, 3.63) is 11.9 Å². The van der Waals surface area contributed by atoms with Gasteiger partial charge in [0.25, 0.3) is 0 Å². The standard InChI is InChI=1S/C9H16N4O2S/c1-13-7-8(11-12-13)5-10-6-9-3-2-4-16(9,14)15/h7,9-10H,2-6H2,1H3. The first-order chi connectivity index (χ1) is 7.58. The van der Waals surface area contributed by atoms with Crippen LogP contribution in [0.15, 0.2) is 6.20 Å². The fourth-order valence-electron chi connectivity index (χ4n) is 1.92. The molecule has 2 rings (SSSR count). The smallest absolute Gasteiger partial charge is 0.154 e. The molecule has 0 aromatic carbocycles. The van der Waals surface area contributed by atoms with Gasteiger partial charge in [-0.05, 0) is 12.8 Å². The van der Waals surface area contributed by atoms with Crippen LogP contribution in [0, 0.1) is 0 Å². The summed E-state index contributed by atoms with van der Waals surface area (Å²) in [5, 5.41) is 10.6. The normalized spacial score (nSPS) is 23.7. The molecule has 1 aliphatic rings. The highest BCUT2D eigenvalue weighted by molar-refractivity contribution is 7.92. The molecule has 6 nitrogen and oxygen atoms in total. The molecule has 2 heterocycles. The summed E-state index contributed by atoms with van der Waals surface area (Å²) in [5.74, 6) is 0.338. The van der Waals surface area contributed by atoms with Crippen LogP contribution in [0.3, 0.4) is 0 Å². The average Bonchev–Trinajstić information content (AvgIpc) is 2.74. The summed E-state index contributed by atoms with van der Waals surface area (Å²) in [7, 11) is -1.04. The Kier molecular flexibility index (Phi) is 3.25. The van der Waals surface area contributed by atoms with Crippen molar-refractivity contribution in [2.45, 2.75) is 24.6 Å². The fraction of sp³-hybridized carbons (Fsp3) is 0.778. The Bertz CT molecular complexity index is 454. The van der Waals surface area contributed by atoms with E-state index in [1.807, 2.05) is 6.20 Å². The second-order valence-electron chi connectivity index (χ2n) is 4.15. The van der Waals surface area contributed by atoms with Gasteiger partial charge in [0, 0.05) is 26.3 Å². The van der Waals surface area contributed by atoms with Crippen LogP contribution < -0.4 is 5.32 Å². The number of nitrogens with zero attached hydrogens (tertiary/aromatic N) is 3. The molecule has 1 N–H and O–H groups in total. The van der Waals surface area contributed by atoms with Crippen LogP contribution >= 0.6 is 0 Å². The van der Waals surface area contributed by atoms with Crippen LogP contribution in [0.25, 0.3) is 0 Å². The van der Waals surface area contributed by atoms with E-state index in [0.29, 0.717) is 18.8 Å². The van der Waals surface area contributed by atoms with Crippen LogP contribution in [-0.4, -0.2) is 41.0 Å². The molecule has 0 bridgehead atoms. The van der Waals surface area contributed by atoms with E-state index in [1.54, 1.807) is 11.7 Å². The van der Waals surface area contributed by atoms with Crippen LogP contribution in [0.4, 0.5) is 0 Å². The Balaban J connectivity index is 1.80. The van der Waals surface area contributed by atoms with Crippen molar-refractivity contribution in [3.63, 3.8) is 0 Å². The van der Waals surface area contributed by atoms with Gasteiger partial charge in [-0.2, -0.15) is 0 Å². The lowest BCUT2D eigenvalue weighted by Gasteiger charge is -2.09. The lowest BCUT2D eigenvalue weighted by atomic mass is 10.2. The minimum absolute atomic E-state index is 0.218. The first-order valence-electron chi connectivity index (χ1n) is 5.35. The highest BCUT2D eigenvalue weighted by Gasteiger charge is 2.30. The van der Waals surface area contributed by atoms with E-state index in [0.717, 1.165) is 18.5 Å². The molecule has 0 saturated carbocycles. The second kappa shape index (κ2) is 4.50. The van der Waals surface area contributed by atoms with Crippen LogP contribution in [0.2, 0.25) is 0 Å². The summed E-state index contributed by atoms with van der Waals surface area (Å²) in [5.41, 5.74) is 0.831. The minimum atomic E-state index is -2.84. The summed E-state index contributed by atoms with van der Waals surface area (Å²) in [4.78, 5) is 0. The molecule has 16 heavy (non-hydrogen) atoms. The molecule has 1 unspecified atom stereocenters. The first-order valence-corrected chi connectivity index (χ1v) is 7.07. The maximum Gasteiger partial charge on any atom is 0.154 e. The zero-order valence-electron chi connectivity index (χ0n) is 9.26. The van der Waals surface area contributed by atoms with Crippen LogP contribution in [0.1, 0.15) is 18.5 Å². The summed E-state index contributed by atoms with van der Waals surface area (Å²) < 4.78 is 24.7. The van der Waals surface area contributed by atoms with Gasteiger partial charge < -0.3 is 5.32 Å². The van der Waals surface area contributed by atoms with Crippen molar-refractivity contribution in [2.24, 2.45) is 7.05 Å². The Morgan fingerprint density at radius 2 is 2.44 bits per heavy atom. The SMILES string of the molecule is Cn1cc(CNCC2CCCS2(=O)=O)nn1. The van der Waals surface area contributed by atoms with Gasteiger partial charge in [-0.25, -0.2) is 8.42 Å². The molecule has 1 aromatic heterocycles. The molecule has 1 fully saturated rings. The number of hydrogen-bond acceptors (Lipinski definition) is 5. The molecule has 0 amide bonds. The quantitative estimate of drug-likeness (QED) is 0.771. The van der Waals surface area contributed by atoms with Crippen LogP contribution in [0.5, 0.6) is 0 Å². The summed E-state index contributed by atoms with van der Waals surface area (Å²) in [6.45, 7) is 1.08. The zero-order valence-corrected chi connectivity index (χ0v) is 10.1. The van der Waals surface area contributed by atoms with E-state index >= 15 is 0 Å². The van der Waals surface area contributed by atoms with Crippen molar-refractivity contribution < 1.29 is 8.42 Å². The molecule has 1 aromatic rings. The molecule has 1 atom stereocenters. The Labute approximate surface area is 95.0 Å². The number of aryl methyl sites for hydroxylation is 1. The predicted molar refractivity (Wildman–Crippen MR) is 59.5 cm³/mol. The number of nitrogens with one attached hydrogen (secondary N) is 1. The monoisotopic (exact) mass is 244 g/mol. The van der Waals surface area contributed by atoms with Gasteiger partial charge in [-0.3, -0.25) is 4.68 Å². The molecular formula is C9H16N4O2S. The van der Waals surface area contributed by atoms with Gasteiger partial charge in [-0.1, -0.05) is 5.21 Å². The number of sulfone groups is 1. The van der Waals surface area contributed by atoms with E-state index in [-0.39, 0.29) is 5.25 Å². The predicted octanol–water partition coefficient (Wildman–Crippen LogP) is -0.518. The highest BCUT2D eigenvalue weighted by Crippen LogP contribution is 2.18. The largest absolute Gasteiger partial charge is 0.310 e. The maximum atomic E-state index is 11.5. The molecule has 0 radical (unpaired) electrons. The molecule has 0 spiro atoms. The van der Waals surface area contributed by atoms with Gasteiger partial charge >= 0.3 is 0 Å². The molecule has 7 heteroatoms. The summed E-state index contributed by atoms with van der Waals surface area (Å²) >= 11 is 0. The topological polar surface area (TPSA) is 76.9 Å². The van der Waals surface area contributed by atoms with Gasteiger partial charge in [0.2, 0.25) is 0 Å². The molecule has 0 aliphatic carbocycles. The minimum Gasteiger partial charge on any atom is -0.310 e. The molecule has 1 saturated heterocycles. The Morgan fingerprint density at radius 3 is 3.00 bits per heavy atom. The van der Waals surface area contributed by atoms with E-state index in [4.69, 9.17) is 0 Å². The van der Waals surface area contributed by atoms with Gasteiger partial charge in [0.05, 0.1) is 16.7 Å². The van der Waals surface area contributed by atoms with E-state index in [9.17, 15) is 8.42 Å². The number of rotatable bonds is 4. The number of hydrogen-bond donors (Lipinski definition) is 1. The van der Waals surface area contributed by atoms with Gasteiger partial charge in [0.15, 0.2) is 9.84 Å². The van der Waals surface area contributed by atoms with Crippen molar-refractivity contribution in [1.29, 1.82) is 0 Å². The van der Waals surface area contributed by atoms with Crippen molar-refractivity contribution in [1.82, 2.24) is 20.3 Å². The van der Waals surface area contributed by atoms with Gasteiger partial charge in [0.1, 0.15) is 0 Å². The van der Waals surface area contributed by atoms with Crippen molar-refractivity contribution in [3.8, 4) is 0 Å². The maximum absolute atomic E-state index is 11.5. The fourth-order valence-corrected chi connectivity index (χ4v) is 3.72. The van der Waals surface area contributed by atoms with Gasteiger partial charge in [-0.15, -0.1) is 5.10 Å². The summed E-state index contributed by atoms with van der Waals surface area (Å²) in [6.07, 6.45) is 3.38. The second-order valence-corrected chi connectivity index (χ2v) is 6.55. The van der Waals surface area contributed by atoms with Crippen LogP contribution in [-0.2, 0) is 23.4 Å². The van der Waals surface area contributed by atoms with Crippen molar-refractivity contribution in [2.75, 3.05) is 12.3 Å². The molecule has 90 valence electrons. The highest BCUT2D eigenvalue weighted by atomic mass is 32.2. The lowest BCUT2D eigenvalue weighted by molar-refractivity contribution is 0.572. The molecule has 1 aliphatic heterocycles. The van der Waals surface area contributed by atoms with E-state index < -0.39 is 9.84 Å².